The molecule has 1 aliphatic rings. The minimum absolute atomic E-state index is 0.0631. The molecule has 1 amide bonds. The Hall–Kier alpha value is -1.43. The van der Waals surface area contributed by atoms with Gasteiger partial charge in [-0.15, -0.1) is 0 Å². The van der Waals surface area contributed by atoms with E-state index in [2.05, 4.69) is 29.7 Å². The van der Waals surface area contributed by atoms with Crippen molar-refractivity contribution in [2.45, 2.75) is 38.3 Å². The number of ether oxygens (including phenoxy) is 2. The van der Waals surface area contributed by atoms with Crippen molar-refractivity contribution in [1.29, 1.82) is 0 Å². The maximum absolute atomic E-state index is 11.8. The summed E-state index contributed by atoms with van der Waals surface area (Å²) in [6.45, 7) is 6.75. The van der Waals surface area contributed by atoms with Crippen molar-refractivity contribution in [3.63, 3.8) is 0 Å². The lowest BCUT2D eigenvalue weighted by Crippen LogP contribution is -2.57. The summed E-state index contributed by atoms with van der Waals surface area (Å²) in [5, 5.41) is 6.73. The molecular formula is C18H28N2O3. The molecule has 0 aliphatic carbocycles. The smallest absolute Gasteiger partial charge is 0.246 e. The summed E-state index contributed by atoms with van der Waals surface area (Å²) in [6, 6.07) is 10.6. The fourth-order valence-electron chi connectivity index (χ4n) is 2.93. The predicted octanol–water partition coefficient (Wildman–Crippen LogP) is 2.04. The van der Waals surface area contributed by atoms with Gasteiger partial charge in [-0.2, -0.15) is 0 Å². The van der Waals surface area contributed by atoms with E-state index in [4.69, 9.17) is 9.47 Å². The highest BCUT2D eigenvalue weighted by atomic mass is 16.5. The molecule has 0 spiro atoms. The Balaban J connectivity index is 1.96. The highest BCUT2D eigenvalue weighted by Gasteiger charge is 2.34. The average molecular weight is 320 g/mol. The summed E-state index contributed by atoms with van der Waals surface area (Å²) >= 11 is 0. The van der Waals surface area contributed by atoms with E-state index in [1.54, 1.807) is 0 Å². The topological polar surface area (TPSA) is 59.6 Å². The number of benzene rings is 1. The molecule has 5 nitrogen and oxygen atoms in total. The van der Waals surface area contributed by atoms with Crippen LogP contribution in [0.4, 0.5) is 0 Å². The first-order chi connectivity index (χ1) is 11.2. The molecule has 1 atom stereocenters. The number of amides is 1. The third-order valence-corrected chi connectivity index (χ3v) is 4.33. The van der Waals surface area contributed by atoms with Crippen LogP contribution in [0, 0.1) is 0 Å². The molecule has 0 aromatic heterocycles. The molecule has 1 heterocycles. The second-order valence-electron chi connectivity index (χ2n) is 6.08. The van der Waals surface area contributed by atoms with E-state index in [1.165, 1.54) is 5.56 Å². The molecule has 1 fully saturated rings. The van der Waals surface area contributed by atoms with Gasteiger partial charge in [-0.3, -0.25) is 4.79 Å². The molecule has 2 rings (SSSR count). The summed E-state index contributed by atoms with van der Waals surface area (Å²) < 4.78 is 10.7. The molecule has 0 radical (unpaired) electrons. The first-order valence-corrected chi connectivity index (χ1v) is 8.40. The lowest BCUT2D eigenvalue weighted by Gasteiger charge is -2.40. The minimum Gasteiger partial charge on any atom is -0.381 e. The molecule has 5 heteroatoms. The van der Waals surface area contributed by atoms with Gasteiger partial charge in [-0.25, -0.2) is 0 Å². The number of carbonyl (C=O) groups excluding carboxylic acids is 1. The molecule has 1 aromatic rings. The molecule has 2 N–H and O–H groups in total. The Bertz CT molecular complexity index is 472. The number of nitrogens with one attached hydrogen (secondary N) is 2. The van der Waals surface area contributed by atoms with Gasteiger partial charge in [0.1, 0.15) is 6.61 Å². The molecule has 1 aliphatic heterocycles. The Morgan fingerprint density at radius 2 is 2.00 bits per heavy atom. The van der Waals surface area contributed by atoms with Crippen molar-refractivity contribution >= 4 is 5.91 Å². The van der Waals surface area contributed by atoms with Gasteiger partial charge in [0, 0.05) is 37.9 Å². The number of hydrogen-bond acceptors (Lipinski definition) is 4. The van der Waals surface area contributed by atoms with Gasteiger partial charge in [0.05, 0.1) is 0 Å². The molecule has 128 valence electrons. The Labute approximate surface area is 138 Å². The summed E-state index contributed by atoms with van der Waals surface area (Å²) in [7, 11) is 0. The maximum atomic E-state index is 11.8. The molecule has 23 heavy (non-hydrogen) atoms. The molecule has 1 aromatic carbocycles. The highest BCUT2D eigenvalue weighted by Crippen LogP contribution is 2.24. The van der Waals surface area contributed by atoms with Gasteiger partial charge in [-0.05, 0) is 32.3 Å². The van der Waals surface area contributed by atoms with Gasteiger partial charge < -0.3 is 20.1 Å². The Kier molecular flexibility index (Phi) is 7.02. The number of hydrogen-bond donors (Lipinski definition) is 2. The van der Waals surface area contributed by atoms with Crippen LogP contribution in [0.25, 0.3) is 0 Å². The normalized spacial score (nSPS) is 18.3. The van der Waals surface area contributed by atoms with Crippen LogP contribution in [-0.4, -0.2) is 44.4 Å². The van der Waals surface area contributed by atoms with E-state index in [1.807, 2.05) is 25.1 Å². The van der Waals surface area contributed by atoms with Crippen LogP contribution in [0.1, 0.15) is 38.3 Å². The molecule has 0 saturated carbocycles. The predicted molar refractivity (Wildman–Crippen MR) is 90.3 cm³/mol. The Morgan fingerprint density at radius 3 is 2.65 bits per heavy atom. The second kappa shape index (κ2) is 9.01. The van der Waals surface area contributed by atoms with Crippen LogP contribution in [0.5, 0.6) is 0 Å². The van der Waals surface area contributed by atoms with Gasteiger partial charge in [-0.1, -0.05) is 30.3 Å². The van der Waals surface area contributed by atoms with Crippen molar-refractivity contribution in [2.75, 3.05) is 33.0 Å². The van der Waals surface area contributed by atoms with Crippen LogP contribution in [-0.2, 0) is 14.3 Å². The van der Waals surface area contributed by atoms with Gasteiger partial charge in [0.15, 0.2) is 0 Å². The van der Waals surface area contributed by atoms with E-state index < -0.39 is 0 Å². The van der Waals surface area contributed by atoms with Gasteiger partial charge in [0.25, 0.3) is 0 Å². The molecule has 0 unspecified atom stereocenters. The van der Waals surface area contributed by atoms with Crippen LogP contribution < -0.4 is 10.6 Å². The third-order valence-electron chi connectivity index (χ3n) is 4.33. The number of rotatable bonds is 8. The van der Waals surface area contributed by atoms with Crippen molar-refractivity contribution in [1.82, 2.24) is 10.6 Å². The third kappa shape index (κ3) is 5.61. The zero-order chi connectivity index (χ0) is 16.5. The van der Waals surface area contributed by atoms with E-state index in [0.717, 1.165) is 26.1 Å². The largest absolute Gasteiger partial charge is 0.381 e. The van der Waals surface area contributed by atoms with Crippen molar-refractivity contribution in [2.24, 2.45) is 0 Å². The van der Waals surface area contributed by atoms with Gasteiger partial charge >= 0.3 is 0 Å². The summed E-state index contributed by atoms with van der Waals surface area (Å²) in [4.78, 5) is 11.8. The van der Waals surface area contributed by atoms with Crippen LogP contribution in [0.15, 0.2) is 30.3 Å². The van der Waals surface area contributed by atoms with E-state index in [0.29, 0.717) is 13.2 Å². The standard InChI is InChI=1S/C18H28N2O3/c1-3-22-13-17(21)19-14-18(9-11-23-12-10-18)20-15(2)16-7-5-4-6-8-16/h4-8,15,20H,3,9-14H2,1-2H3,(H,19,21)/t15-/m0/s1. The summed E-state index contributed by atoms with van der Waals surface area (Å²) in [5.74, 6) is -0.0631. The average Bonchev–Trinajstić information content (AvgIpc) is 2.60. The first-order valence-electron chi connectivity index (χ1n) is 8.40. The molecule has 0 bridgehead atoms. The van der Waals surface area contributed by atoms with Crippen molar-refractivity contribution < 1.29 is 14.3 Å². The SMILES string of the molecule is CCOCC(=O)NCC1(N[C@@H](C)c2ccccc2)CCOCC1. The van der Waals surface area contributed by atoms with E-state index >= 15 is 0 Å². The quantitative estimate of drug-likeness (QED) is 0.769. The Morgan fingerprint density at radius 1 is 1.30 bits per heavy atom. The molecular weight excluding hydrogens is 292 g/mol. The lowest BCUT2D eigenvalue weighted by atomic mass is 9.88. The monoisotopic (exact) mass is 320 g/mol. The molecule has 1 saturated heterocycles. The lowest BCUT2D eigenvalue weighted by molar-refractivity contribution is -0.126. The van der Waals surface area contributed by atoms with Gasteiger partial charge in [0.2, 0.25) is 5.91 Å². The zero-order valence-corrected chi connectivity index (χ0v) is 14.1. The van der Waals surface area contributed by atoms with Crippen molar-refractivity contribution in [3.05, 3.63) is 35.9 Å². The van der Waals surface area contributed by atoms with Crippen LogP contribution >= 0.6 is 0 Å². The summed E-state index contributed by atoms with van der Waals surface area (Å²) in [5.41, 5.74) is 1.12. The fourth-order valence-corrected chi connectivity index (χ4v) is 2.93. The second-order valence-corrected chi connectivity index (χ2v) is 6.08. The van der Waals surface area contributed by atoms with Crippen molar-refractivity contribution in [3.8, 4) is 0 Å². The summed E-state index contributed by atoms with van der Waals surface area (Å²) in [6.07, 6.45) is 1.78. The van der Waals surface area contributed by atoms with E-state index in [-0.39, 0.29) is 24.1 Å². The van der Waals surface area contributed by atoms with Crippen LogP contribution in [0.3, 0.4) is 0 Å². The van der Waals surface area contributed by atoms with E-state index in [9.17, 15) is 4.79 Å². The van der Waals surface area contributed by atoms with Crippen LogP contribution in [0.2, 0.25) is 0 Å². The first kappa shape index (κ1) is 17.9. The number of carbonyl (C=O) groups is 1. The maximum Gasteiger partial charge on any atom is 0.246 e. The fraction of sp³-hybridized carbons (Fsp3) is 0.611. The zero-order valence-electron chi connectivity index (χ0n) is 14.1. The highest BCUT2D eigenvalue weighted by molar-refractivity contribution is 5.77. The minimum atomic E-state index is -0.130.